The minimum atomic E-state index is -4.74. The fraction of sp³-hybridized carbons (Fsp3) is 0.346. The van der Waals surface area contributed by atoms with E-state index in [1.165, 1.54) is 6.07 Å². The van der Waals surface area contributed by atoms with Gasteiger partial charge in [0.15, 0.2) is 12.1 Å². The third kappa shape index (κ3) is 9.27. The molecule has 0 amide bonds. The van der Waals surface area contributed by atoms with Crippen LogP contribution >= 0.6 is 0 Å². The lowest BCUT2D eigenvalue weighted by Gasteiger charge is -2.14. The van der Waals surface area contributed by atoms with Crippen LogP contribution in [0.4, 0.5) is 42.2 Å². The van der Waals surface area contributed by atoms with Crippen LogP contribution in [-0.4, -0.2) is 44.9 Å². The van der Waals surface area contributed by atoms with E-state index < -0.39 is 46.4 Å². The van der Waals surface area contributed by atoms with Gasteiger partial charge in [-0.2, -0.15) is 31.4 Å². The Morgan fingerprint density at radius 3 is 2.21 bits per heavy atom. The Kier molecular flexibility index (Phi) is 11.6. The molecule has 228 valence electrons. The van der Waals surface area contributed by atoms with Crippen molar-refractivity contribution in [2.75, 3.05) is 25.1 Å². The van der Waals surface area contributed by atoms with Crippen LogP contribution in [0.1, 0.15) is 59.7 Å². The summed E-state index contributed by atoms with van der Waals surface area (Å²) in [4.78, 5) is 31.1. The lowest BCUT2D eigenvalue weighted by Crippen LogP contribution is -2.24. The van der Waals surface area contributed by atoms with Crippen LogP contribution in [0.25, 0.3) is 17.5 Å². The Hall–Kier alpha value is -4.50. The molecule has 3 rings (SSSR count). The van der Waals surface area contributed by atoms with Crippen molar-refractivity contribution in [1.82, 2.24) is 25.1 Å². The molecule has 0 saturated carbocycles. The summed E-state index contributed by atoms with van der Waals surface area (Å²) in [5.74, 6) is -1.92. The number of aldehydes is 1. The molecule has 16 heteroatoms. The van der Waals surface area contributed by atoms with E-state index in [-0.39, 0.29) is 17.0 Å². The van der Waals surface area contributed by atoms with Gasteiger partial charge in [-0.1, -0.05) is 26.2 Å². The Bertz CT molecular complexity index is 1450. The van der Waals surface area contributed by atoms with Crippen LogP contribution in [0.5, 0.6) is 0 Å². The molecule has 0 aliphatic carbocycles. The molecule has 0 bridgehead atoms. The van der Waals surface area contributed by atoms with E-state index in [1.54, 1.807) is 17.4 Å². The van der Waals surface area contributed by atoms with Gasteiger partial charge < -0.3 is 16.4 Å². The maximum atomic E-state index is 14.5. The van der Waals surface area contributed by atoms with Gasteiger partial charge in [0.05, 0.1) is 17.4 Å². The molecule has 9 nitrogen and oxygen atoms in total. The van der Waals surface area contributed by atoms with E-state index in [1.807, 2.05) is 11.9 Å². The molecule has 0 aliphatic heterocycles. The summed E-state index contributed by atoms with van der Waals surface area (Å²) >= 11 is 0. The first kappa shape index (κ1) is 33.7. The zero-order chi connectivity index (χ0) is 31.7. The summed E-state index contributed by atoms with van der Waals surface area (Å²) in [6.07, 6.45) is 0.146. The van der Waals surface area contributed by atoms with Gasteiger partial charge in [0.25, 0.3) is 5.56 Å². The van der Waals surface area contributed by atoms with E-state index in [4.69, 9.17) is 11.5 Å². The van der Waals surface area contributed by atoms with Crippen LogP contribution in [0.3, 0.4) is 0 Å². The molecule has 0 atom stereocenters. The molecule has 2 aromatic heterocycles. The molecule has 2 heterocycles. The summed E-state index contributed by atoms with van der Waals surface area (Å²) < 4.78 is 89.0. The van der Waals surface area contributed by atoms with E-state index in [9.17, 15) is 40.3 Å². The molecular weight excluding hydrogens is 575 g/mol. The number of unbranched alkanes of at least 4 members (excludes halogenated alkanes) is 3. The third-order valence-corrected chi connectivity index (χ3v) is 5.71. The molecule has 1 aromatic carbocycles. The molecule has 0 saturated heterocycles. The number of nitrogens with zero attached hydrogens (tertiary/aromatic N) is 4. The predicted molar refractivity (Wildman–Crippen MR) is 142 cm³/mol. The second kappa shape index (κ2) is 14.4. The first-order chi connectivity index (χ1) is 19.6. The summed E-state index contributed by atoms with van der Waals surface area (Å²) in [7, 11) is 1.88. The highest BCUT2D eigenvalue weighted by Gasteiger charge is 2.36. The molecular formula is C26H28F7N7O2. The minimum absolute atomic E-state index is 0.103. The molecule has 3 aromatic rings. The van der Waals surface area contributed by atoms with E-state index in [0.29, 0.717) is 18.0 Å². The number of nitrogens with two attached hydrogens (primary N) is 2. The number of aromatic nitrogens is 4. The normalized spacial score (nSPS) is 11.7. The number of aromatic amines is 1. The fourth-order valence-electron chi connectivity index (χ4n) is 3.54. The average molecular weight is 604 g/mol. The van der Waals surface area contributed by atoms with Crippen molar-refractivity contribution in [2.45, 2.75) is 45.0 Å². The second-order valence-electron chi connectivity index (χ2n) is 8.95. The number of carbonyl (C=O) groups is 1. The molecule has 0 aliphatic rings. The van der Waals surface area contributed by atoms with Gasteiger partial charge in [-0.3, -0.25) is 9.59 Å². The first-order valence-corrected chi connectivity index (χ1v) is 12.4. The number of hydrogen-bond donors (Lipinski definition) is 3. The highest BCUT2D eigenvalue weighted by atomic mass is 19.4. The number of carbonyl (C=O) groups excluding carboxylic acids is 1. The van der Waals surface area contributed by atoms with E-state index in [0.717, 1.165) is 44.5 Å². The molecule has 0 fully saturated rings. The number of anilines is 2. The van der Waals surface area contributed by atoms with Crippen LogP contribution in [-0.2, 0) is 12.4 Å². The summed E-state index contributed by atoms with van der Waals surface area (Å²) in [6, 6.07) is 2.32. The average Bonchev–Trinajstić information content (AvgIpc) is 2.89. The number of benzene rings is 1. The lowest BCUT2D eigenvalue weighted by molar-refractivity contribution is -0.138. The quantitative estimate of drug-likeness (QED) is 0.164. The molecule has 0 unspecified atom stereocenters. The number of hydrogen-bond acceptors (Lipinski definition) is 8. The van der Waals surface area contributed by atoms with Crippen LogP contribution in [0, 0.1) is 5.82 Å². The van der Waals surface area contributed by atoms with Gasteiger partial charge in [-0.25, -0.2) is 19.5 Å². The maximum absolute atomic E-state index is 14.5. The lowest BCUT2D eigenvalue weighted by atomic mass is 10.0. The number of H-pyrrole nitrogens is 1. The predicted octanol–water partition coefficient (Wildman–Crippen LogP) is 5.55. The van der Waals surface area contributed by atoms with Crippen molar-refractivity contribution in [3.63, 3.8) is 0 Å². The minimum Gasteiger partial charge on any atom is -0.397 e. The number of alkyl halides is 6. The van der Waals surface area contributed by atoms with Gasteiger partial charge in [0, 0.05) is 25.4 Å². The van der Waals surface area contributed by atoms with Crippen molar-refractivity contribution >= 4 is 23.9 Å². The van der Waals surface area contributed by atoms with E-state index >= 15 is 0 Å². The number of halogens is 7. The Morgan fingerprint density at radius 2 is 1.69 bits per heavy atom. The summed E-state index contributed by atoms with van der Waals surface area (Å²) in [5, 5.41) is 4.74. The monoisotopic (exact) mass is 603 g/mol. The van der Waals surface area contributed by atoms with Crippen LogP contribution < -0.4 is 17.0 Å². The molecule has 0 radical (unpaired) electrons. The zero-order valence-corrected chi connectivity index (χ0v) is 22.5. The second-order valence-corrected chi connectivity index (χ2v) is 8.95. The van der Waals surface area contributed by atoms with Gasteiger partial charge in [-0.05, 0) is 36.4 Å². The smallest absolute Gasteiger partial charge is 0.397 e. The highest BCUT2D eigenvalue weighted by molar-refractivity contribution is 5.84. The van der Waals surface area contributed by atoms with Crippen LogP contribution in [0.2, 0.25) is 0 Å². The SMILES string of the molecule is CCCCCCN(C)/C=C\c1cc(-c2ncc(C(F)(F)F)c(N)n2)c(F)cc1C=O.Nc1cn[nH]c(=O)c1C(F)(F)F. The highest BCUT2D eigenvalue weighted by Crippen LogP contribution is 2.34. The largest absolute Gasteiger partial charge is 0.423 e. The Labute approximate surface area is 235 Å². The van der Waals surface area contributed by atoms with Crippen molar-refractivity contribution in [3.05, 3.63) is 69.2 Å². The van der Waals surface area contributed by atoms with E-state index in [2.05, 4.69) is 22.0 Å². The zero-order valence-electron chi connectivity index (χ0n) is 22.5. The number of rotatable bonds is 9. The summed E-state index contributed by atoms with van der Waals surface area (Å²) in [5.41, 5.74) is 6.03. The Morgan fingerprint density at radius 1 is 1.00 bits per heavy atom. The molecule has 42 heavy (non-hydrogen) atoms. The van der Waals surface area contributed by atoms with Crippen molar-refractivity contribution < 1.29 is 35.5 Å². The molecule has 0 spiro atoms. The van der Waals surface area contributed by atoms with Crippen molar-refractivity contribution in [3.8, 4) is 11.4 Å². The van der Waals surface area contributed by atoms with Crippen molar-refractivity contribution in [2.24, 2.45) is 0 Å². The third-order valence-electron chi connectivity index (χ3n) is 5.71. The van der Waals surface area contributed by atoms with Crippen LogP contribution in [0.15, 0.2) is 35.5 Å². The number of nitrogen functional groups attached to an aromatic ring is 2. The van der Waals surface area contributed by atoms with Crippen molar-refractivity contribution in [1.29, 1.82) is 0 Å². The van der Waals surface area contributed by atoms with Gasteiger partial charge in [0.2, 0.25) is 0 Å². The maximum Gasteiger partial charge on any atom is 0.423 e. The Balaban J connectivity index is 0.000000428. The first-order valence-electron chi connectivity index (χ1n) is 12.4. The summed E-state index contributed by atoms with van der Waals surface area (Å²) in [6.45, 7) is 2.95. The van der Waals surface area contributed by atoms with Gasteiger partial charge >= 0.3 is 12.4 Å². The fourth-order valence-corrected chi connectivity index (χ4v) is 3.54. The standard InChI is InChI=1S/C21H24F4N4O.C5H4F3N3O/c1-3-4-5-6-8-29(2)9-7-14-10-16(18(22)11-15(14)13-30)20-27-12-17(19(26)28-20)21(23,24)25;6-5(7,8)3-2(9)1-10-11-4(3)12/h7,9-13H,3-6,8H2,1-2H3,(H2,26,27,28);1H,(H3,9,11,12)/b9-7-;. The topological polar surface area (TPSA) is 144 Å². The number of nitrogens with one attached hydrogen (secondary N) is 1. The van der Waals surface area contributed by atoms with Gasteiger partial charge in [0.1, 0.15) is 22.8 Å². The van der Waals surface area contributed by atoms with Gasteiger partial charge in [-0.15, -0.1) is 0 Å². The molecule has 5 N–H and O–H groups in total.